The summed E-state index contributed by atoms with van der Waals surface area (Å²) < 4.78 is 36.8. The van der Waals surface area contributed by atoms with Gasteiger partial charge in [0.15, 0.2) is 0 Å². The van der Waals surface area contributed by atoms with E-state index in [0.29, 0.717) is 6.54 Å². The Morgan fingerprint density at radius 1 is 1.39 bits per heavy atom. The fourth-order valence-electron chi connectivity index (χ4n) is 2.33. The van der Waals surface area contributed by atoms with Gasteiger partial charge in [0.25, 0.3) is 0 Å². The summed E-state index contributed by atoms with van der Waals surface area (Å²) in [6.45, 7) is 0.937. The van der Waals surface area contributed by atoms with Crippen molar-refractivity contribution < 1.29 is 23.1 Å². The highest BCUT2D eigenvalue weighted by Crippen LogP contribution is 2.40. The van der Waals surface area contributed by atoms with Crippen LogP contribution in [0.1, 0.15) is 19.8 Å². The van der Waals surface area contributed by atoms with Gasteiger partial charge in [-0.2, -0.15) is 13.2 Å². The van der Waals surface area contributed by atoms with E-state index >= 15 is 0 Å². The molecule has 0 spiro atoms. The molecule has 0 saturated heterocycles. The molecule has 1 atom stereocenters. The highest BCUT2D eigenvalue weighted by Gasteiger charge is 2.51. The molecule has 0 aliphatic heterocycles. The van der Waals surface area contributed by atoms with Crippen molar-refractivity contribution in [3.8, 4) is 0 Å². The minimum absolute atomic E-state index is 0.0781. The van der Waals surface area contributed by atoms with Crippen LogP contribution in [-0.2, 0) is 4.79 Å². The molecule has 0 bridgehead atoms. The number of carboxylic acid groups (broad SMARTS) is 1. The fraction of sp³-hybridized carbons (Fsp3) is 0.909. The molecular weight excluding hydrogens is 249 g/mol. The molecule has 0 aromatic rings. The zero-order chi connectivity index (χ0) is 14.0. The summed E-state index contributed by atoms with van der Waals surface area (Å²) in [5.74, 6) is -1.15. The topological polar surface area (TPSA) is 52.6 Å². The highest BCUT2D eigenvalue weighted by molar-refractivity contribution is 5.80. The third-order valence-corrected chi connectivity index (χ3v) is 3.12. The number of nitrogens with one attached hydrogen (secondary N) is 1. The van der Waals surface area contributed by atoms with E-state index in [9.17, 15) is 23.1 Å². The fourth-order valence-corrected chi connectivity index (χ4v) is 2.33. The number of alkyl halides is 3. The van der Waals surface area contributed by atoms with Crippen molar-refractivity contribution in [2.75, 3.05) is 26.7 Å². The van der Waals surface area contributed by atoms with Crippen LogP contribution in [-0.4, -0.2) is 54.4 Å². The minimum Gasteiger partial charge on any atom is -0.480 e. The largest absolute Gasteiger partial charge is 0.480 e. The Balaban J connectivity index is 2.74. The zero-order valence-electron chi connectivity index (χ0n) is 10.5. The van der Waals surface area contributed by atoms with Crippen LogP contribution in [0.4, 0.5) is 13.2 Å². The van der Waals surface area contributed by atoms with Crippen molar-refractivity contribution >= 4 is 5.97 Å². The Bertz CT molecular complexity index is 305. The molecule has 0 amide bonds. The third-order valence-electron chi connectivity index (χ3n) is 3.12. The van der Waals surface area contributed by atoms with Gasteiger partial charge >= 0.3 is 12.1 Å². The quantitative estimate of drug-likeness (QED) is 0.731. The lowest BCUT2D eigenvalue weighted by Gasteiger charge is -2.34. The van der Waals surface area contributed by atoms with Crippen molar-refractivity contribution in [1.29, 1.82) is 0 Å². The maximum atomic E-state index is 12.3. The molecule has 0 radical (unpaired) electrons. The van der Waals surface area contributed by atoms with E-state index in [-0.39, 0.29) is 12.5 Å². The molecule has 1 fully saturated rings. The normalized spacial score (nSPS) is 19.9. The molecule has 1 aliphatic carbocycles. The Labute approximate surface area is 104 Å². The summed E-state index contributed by atoms with van der Waals surface area (Å²) in [4.78, 5) is 12.4. The van der Waals surface area contributed by atoms with Crippen LogP contribution in [0.3, 0.4) is 0 Å². The van der Waals surface area contributed by atoms with Gasteiger partial charge in [-0.3, -0.25) is 9.69 Å². The molecule has 7 heteroatoms. The molecule has 1 aliphatic rings. The zero-order valence-corrected chi connectivity index (χ0v) is 10.5. The van der Waals surface area contributed by atoms with Crippen molar-refractivity contribution in [3.63, 3.8) is 0 Å². The summed E-state index contributed by atoms with van der Waals surface area (Å²) in [6, 6.07) is 0. The Morgan fingerprint density at radius 3 is 2.28 bits per heavy atom. The number of nitrogens with zero attached hydrogens (tertiary/aromatic N) is 1. The van der Waals surface area contributed by atoms with Gasteiger partial charge in [-0.25, -0.2) is 0 Å². The molecule has 18 heavy (non-hydrogen) atoms. The lowest BCUT2D eigenvalue weighted by atomic mass is 9.92. The number of likely N-dealkylation sites (N-methyl/N-ethyl adjacent to an activating group) is 2. The van der Waals surface area contributed by atoms with Gasteiger partial charge in [-0.05, 0) is 32.4 Å². The average Bonchev–Trinajstić information content (AvgIpc) is 2.96. The number of carboxylic acids is 1. The molecule has 2 N–H and O–H groups in total. The molecule has 106 valence electrons. The predicted octanol–water partition coefficient (Wildman–Crippen LogP) is 1.32. The number of hydrogen-bond donors (Lipinski definition) is 2. The standard InChI is InChI=1S/C11H19F3N2O2/c1-3-15-10(9(17)18,8-4-5-8)6-16(2)7-11(12,13)14/h8,15H,3-7H2,1-2H3,(H,17,18). The lowest BCUT2D eigenvalue weighted by Crippen LogP contribution is -2.60. The van der Waals surface area contributed by atoms with E-state index in [0.717, 1.165) is 17.7 Å². The third kappa shape index (κ3) is 3.84. The van der Waals surface area contributed by atoms with Gasteiger partial charge in [-0.15, -0.1) is 0 Å². The van der Waals surface area contributed by atoms with Crippen molar-refractivity contribution in [2.24, 2.45) is 5.92 Å². The lowest BCUT2D eigenvalue weighted by molar-refractivity contribution is -0.155. The van der Waals surface area contributed by atoms with E-state index in [1.807, 2.05) is 0 Å². The van der Waals surface area contributed by atoms with Crippen molar-refractivity contribution in [2.45, 2.75) is 31.5 Å². The van der Waals surface area contributed by atoms with E-state index < -0.39 is 24.2 Å². The number of carbonyl (C=O) groups is 1. The van der Waals surface area contributed by atoms with Gasteiger partial charge < -0.3 is 10.4 Å². The summed E-state index contributed by atoms with van der Waals surface area (Å²) >= 11 is 0. The molecule has 4 nitrogen and oxygen atoms in total. The maximum absolute atomic E-state index is 12.3. The number of hydrogen-bond acceptors (Lipinski definition) is 3. The molecule has 0 aromatic heterocycles. The molecular formula is C11H19F3N2O2. The van der Waals surface area contributed by atoms with Crippen LogP contribution in [0.5, 0.6) is 0 Å². The summed E-state index contributed by atoms with van der Waals surface area (Å²) in [5.41, 5.74) is -1.26. The second-order valence-electron chi connectivity index (χ2n) is 4.87. The van der Waals surface area contributed by atoms with Crippen molar-refractivity contribution in [3.05, 3.63) is 0 Å². The van der Waals surface area contributed by atoms with Crippen LogP contribution in [0.15, 0.2) is 0 Å². The van der Waals surface area contributed by atoms with Crippen LogP contribution in [0, 0.1) is 5.92 Å². The first-order chi connectivity index (χ1) is 8.21. The first-order valence-electron chi connectivity index (χ1n) is 5.95. The van der Waals surface area contributed by atoms with Crippen molar-refractivity contribution in [1.82, 2.24) is 10.2 Å². The van der Waals surface area contributed by atoms with Crippen LogP contribution in [0.25, 0.3) is 0 Å². The number of aliphatic carboxylic acids is 1. The first-order valence-corrected chi connectivity index (χ1v) is 5.95. The molecule has 0 heterocycles. The molecule has 1 rings (SSSR count). The molecule has 1 saturated carbocycles. The summed E-state index contributed by atoms with van der Waals surface area (Å²) in [6.07, 6.45) is -2.81. The monoisotopic (exact) mass is 268 g/mol. The van der Waals surface area contributed by atoms with Crippen LogP contribution < -0.4 is 5.32 Å². The highest BCUT2D eigenvalue weighted by atomic mass is 19.4. The minimum atomic E-state index is -4.31. The second-order valence-corrected chi connectivity index (χ2v) is 4.87. The maximum Gasteiger partial charge on any atom is 0.401 e. The van der Waals surface area contributed by atoms with Gasteiger partial charge in [0, 0.05) is 6.54 Å². The van der Waals surface area contributed by atoms with Gasteiger partial charge in [0.2, 0.25) is 0 Å². The van der Waals surface area contributed by atoms with E-state index in [2.05, 4.69) is 5.32 Å². The van der Waals surface area contributed by atoms with Gasteiger partial charge in [0.05, 0.1) is 6.54 Å². The van der Waals surface area contributed by atoms with Crippen LogP contribution in [0.2, 0.25) is 0 Å². The first kappa shape index (κ1) is 15.2. The number of rotatable bonds is 7. The summed E-state index contributed by atoms with van der Waals surface area (Å²) in [7, 11) is 1.30. The Kier molecular flexibility index (Phi) is 4.61. The predicted molar refractivity (Wildman–Crippen MR) is 60.3 cm³/mol. The van der Waals surface area contributed by atoms with E-state index in [4.69, 9.17) is 0 Å². The van der Waals surface area contributed by atoms with E-state index in [1.54, 1.807) is 6.92 Å². The number of halogens is 3. The van der Waals surface area contributed by atoms with Gasteiger partial charge in [-0.1, -0.05) is 6.92 Å². The molecule has 1 unspecified atom stereocenters. The summed E-state index contributed by atoms with van der Waals surface area (Å²) in [5, 5.41) is 12.2. The SMILES string of the molecule is CCNC(CN(C)CC(F)(F)F)(C(=O)O)C1CC1. The van der Waals surface area contributed by atoms with Crippen LogP contribution >= 0.6 is 0 Å². The molecule has 0 aromatic carbocycles. The Hall–Kier alpha value is -0.820. The smallest absolute Gasteiger partial charge is 0.401 e. The van der Waals surface area contributed by atoms with Gasteiger partial charge in [0.1, 0.15) is 5.54 Å². The van der Waals surface area contributed by atoms with E-state index in [1.165, 1.54) is 7.05 Å². The Morgan fingerprint density at radius 2 is 1.94 bits per heavy atom. The second kappa shape index (κ2) is 5.44. The average molecular weight is 268 g/mol.